The van der Waals surface area contributed by atoms with Gasteiger partial charge in [0.25, 0.3) is 12.0 Å². The molecule has 0 aromatic heterocycles. The Morgan fingerprint density at radius 1 is 0.500 bits per heavy atom. The molecule has 10 heteroatoms. The molecule has 0 amide bonds. The van der Waals surface area contributed by atoms with Crippen molar-refractivity contribution < 1.29 is 41.9 Å². The number of benzene rings is 6. The van der Waals surface area contributed by atoms with Crippen LogP contribution in [-0.2, 0) is 0 Å². The molecule has 0 saturated heterocycles. The molecule has 0 aliphatic heterocycles. The molecule has 1 N–H and O–H groups in total. The van der Waals surface area contributed by atoms with Crippen molar-refractivity contribution in [2.24, 2.45) is 0 Å². The third-order valence-corrected chi connectivity index (χ3v) is 16.0. The van der Waals surface area contributed by atoms with Crippen LogP contribution in [0.5, 0.6) is 0 Å². The van der Waals surface area contributed by atoms with Gasteiger partial charge in [0, 0.05) is 0 Å². The van der Waals surface area contributed by atoms with E-state index >= 15 is 0 Å². The van der Waals surface area contributed by atoms with Gasteiger partial charge in [-0.05, 0) is 47.0 Å². The number of rotatable bonds is 7. The normalized spacial score (nSPS) is 12.1. The molecule has 0 saturated carbocycles. The molecule has 0 aliphatic carbocycles. The van der Waals surface area contributed by atoms with E-state index in [2.05, 4.69) is 107 Å². The predicted molar refractivity (Wildman–Crippen MR) is 224 cm³/mol. The van der Waals surface area contributed by atoms with Gasteiger partial charge in [0.05, 0.1) is 0 Å². The zero-order chi connectivity index (χ0) is 41.5. The fourth-order valence-electron chi connectivity index (χ4n) is 5.02. The first kappa shape index (κ1) is 38.2. The molecule has 0 atom stereocenters. The Balaban J connectivity index is 0.000000447. The molecule has 0 fully saturated rings. The molecule has 0 heterocycles. The van der Waals surface area contributed by atoms with E-state index in [1.807, 2.05) is 91.0 Å². The van der Waals surface area contributed by atoms with E-state index in [4.69, 9.17) is 65.1 Å². The molecular formula is C42H37Cl3N3NaOP2. The second kappa shape index (κ2) is 25.5. The van der Waals surface area contributed by atoms with Crippen LogP contribution in [0, 0.1) is 19.7 Å². The molecule has 52 heavy (non-hydrogen) atoms. The van der Waals surface area contributed by atoms with Gasteiger partial charge in [-0.1, -0.05) is 91.0 Å². The Hall–Kier alpha value is -3.52. The number of hydrogen-bond acceptors (Lipinski definition) is 1. The minimum absolute atomic E-state index is 0. The number of halogens is 3. The molecule has 0 aliphatic rings. The first-order chi connectivity index (χ1) is 26.9. The molecule has 0 spiro atoms. The van der Waals surface area contributed by atoms with Gasteiger partial charge in [-0.25, -0.2) is 13.1 Å². The zero-order valence-electron chi connectivity index (χ0n) is 33.3. The summed E-state index contributed by atoms with van der Waals surface area (Å²) in [7, 11) is -0.446. The smallest absolute Gasteiger partial charge is 0.870 e. The Labute approximate surface area is 354 Å². The molecule has 0 unspecified atom stereocenters. The molecular weight excluding hydrogens is 754 g/mol. The second-order valence-electron chi connectivity index (χ2n) is 10.0. The minimum Gasteiger partial charge on any atom is -0.870 e. The molecule has 6 rings (SSSR count). The van der Waals surface area contributed by atoms with Crippen LogP contribution < -0.4 is 61.4 Å². The van der Waals surface area contributed by atoms with E-state index in [0.29, 0.717) is 15.9 Å². The van der Waals surface area contributed by atoms with Crippen LogP contribution in [0.3, 0.4) is 0 Å². The van der Waals surface area contributed by atoms with Gasteiger partial charge in [0.1, 0.15) is 2.74 Å². The Morgan fingerprint density at radius 3 is 0.923 bits per heavy atom. The summed E-state index contributed by atoms with van der Waals surface area (Å²) in [6.45, 7) is 19.5. The van der Waals surface area contributed by atoms with Crippen molar-refractivity contribution in [3.05, 3.63) is 216 Å². The molecule has 0 bridgehead atoms. The van der Waals surface area contributed by atoms with Crippen molar-refractivity contribution in [2.75, 3.05) is 18.2 Å². The summed E-state index contributed by atoms with van der Waals surface area (Å²) in [5.74, 6) is -6.41. The van der Waals surface area contributed by atoms with Gasteiger partial charge in [-0.3, -0.25) is 9.69 Å². The number of hydrogen-bond donors (Lipinski definition) is 0. The summed E-state index contributed by atoms with van der Waals surface area (Å²) in [6, 6.07) is 60.0. The third-order valence-electron chi connectivity index (χ3n) is 7.11. The van der Waals surface area contributed by atoms with Gasteiger partial charge in [0.15, 0.2) is 0 Å². The van der Waals surface area contributed by atoms with Crippen molar-refractivity contribution in [1.29, 1.82) is 0 Å². The first-order valence-electron chi connectivity index (χ1n) is 17.5. The largest absolute Gasteiger partial charge is 1.00 e. The van der Waals surface area contributed by atoms with Crippen LogP contribution in [0.2, 0.25) is 0 Å². The van der Waals surface area contributed by atoms with Gasteiger partial charge in [-0.15, -0.1) is 1.43 Å². The van der Waals surface area contributed by atoms with Crippen molar-refractivity contribution in [2.45, 2.75) is 0 Å². The average molecular weight is 796 g/mol. The predicted octanol–water partition coefficient (Wildman–Crippen LogP) is 7.02. The fraction of sp³-hybridized carbons (Fsp3) is 0.0714. The van der Waals surface area contributed by atoms with E-state index in [1.54, 1.807) is 0 Å². The van der Waals surface area contributed by atoms with E-state index in [9.17, 15) is 0 Å². The van der Waals surface area contributed by atoms with Gasteiger partial charge >= 0.3 is 174 Å². The summed E-state index contributed by atoms with van der Waals surface area (Å²) >= 11 is 17.0. The SMILES string of the molecule is [2H]C([2H])(Cl)[N+]#[C-].[2H]C([2H])([N+]#[C-])P(Cl)(c1ccccc1)(c1ccccc1)c1ccccc1.[2H][O-].[C-]#[N+]CCl.[Na+].c1ccc(P(c2ccccc2)c2ccccc2)cc1. The number of alkyl halides is 2. The second-order valence-corrected chi connectivity index (χ2v) is 18.5. The molecule has 0 radical (unpaired) electrons. The summed E-state index contributed by atoms with van der Waals surface area (Å²) < 4.78 is 34.5. The van der Waals surface area contributed by atoms with Crippen LogP contribution in [0.4, 0.5) is 0 Å². The van der Waals surface area contributed by atoms with Gasteiger partial charge in [-0.2, -0.15) is 0 Å². The monoisotopic (exact) mass is 794 g/mol. The van der Waals surface area contributed by atoms with Crippen LogP contribution in [-0.4, -0.2) is 23.7 Å². The zero-order valence-corrected chi connectivity index (χ0v) is 34.4. The van der Waals surface area contributed by atoms with E-state index in [-0.39, 0.29) is 35.6 Å². The van der Waals surface area contributed by atoms with E-state index < -0.39 is 26.1 Å². The maximum atomic E-state index is 8.73. The Kier molecular flexibility index (Phi) is 18.7. The maximum Gasteiger partial charge on any atom is 1.00 e. The van der Waals surface area contributed by atoms with E-state index in [1.165, 1.54) is 15.9 Å². The first-order valence-corrected chi connectivity index (χ1v) is 20.5. The van der Waals surface area contributed by atoms with Crippen LogP contribution in [0.1, 0.15) is 6.91 Å². The van der Waals surface area contributed by atoms with Crippen LogP contribution >= 0.6 is 48.3 Å². The Bertz CT molecular complexity index is 1950. The standard InChI is InChI=1S/C20H17ClNP.C18H15P.2C2H2ClN.Na.H2O/c1-22-17-23(21,18-11-5-2-6-12-18,19-13-7-3-8-14-19)20-15-9-4-10-16-20;1-4-10-16(11-5-1)19(17-12-6-2-7-13-17)18-14-8-3-9-15-18;2*1-4-2-3;;/h2-16H,17H2;1-15H;2*2H2;;1H2/q;;;;+1;/p-1/i17D2;;2D2;;;/hD. The topological polar surface area (TPSA) is 43.1 Å². The fourth-order valence-corrected chi connectivity index (χ4v) is 12.1. The van der Waals surface area contributed by atoms with Crippen molar-refractivity contribution in [3.8, 4) is 0 Å². The Morgan fingerprint density at radius 2 is 0.731 bits per heavy atom. The third kappa shape index (κ3) is 12.6. The molecule has 4 nitrogen and oxygen atoms in total. The van der Waals surface area contributed by atoms with Gasteiger partial charge in [0.2, 0.25) is 0 Å². The minimum atomic E-state index is -4.22. The van der Waals surface area contributed by atoms with Gasteiger partial charge < -0.3 is 5.48 Å². The average Bonchev–Trinajstić information content (AvgIpc) is 3.26. The maximum absolute atomic E-state index is 8.73. The quantitative estimate of drug-likeness (QED) is 0.0564. The van der Waals surface area contributed by atoms with Crippen LogP contribution in [0.15, 0.2) is 182 Å². The summed E-state index contributed by atoms with van der Waals surface area (Å²) in [6.07, 6.45) is -2.31. The van der Waals surface area contributed by atoms with Crippen molar-refractivity contribution >= 4 is 80.1 Å². The van der Waals surface area contributed by atoms with E-state index in [0.717, 1.165) is 0 Å². The van der Waals surface area contributed by atoms with Crippen molar-refractivity contribution in [3.63, 3.8) is 0 Å². The molecule has 6 aromatic rings. The summed E-state index contributed by atoms with van der Waals surface area (Å²) in [4.78, 5) is 8.52. The molecule has 6 aromatic carbocycles. The number of nitrogens with zero attached hydrogens (tertiary/aromatic N) is 3. The summed E-state index contributed by atoms with van der Waals surface area (Å²) in [5, 5.41) is 6.13. The summed E-state index contributed by atoms with van der Waals surface area (Å²) in [5.41, 5.74) is 7.50. The van der Waals surface area contributed by atoms with Crippen molar-refractivity contribution in [1.82, 2.24) is 0 Å². The molecule has 258 valence electrons. The van der Waals surface area contributed by atoms with Crippen LogP contribution in [0.25, 0.3) is 14.5 Å².